The normalized spacial score (nSPS) is 23.4. The first-order chi connectivity index (χ1) is 9.13. The lowest BCUT2D eigenvalue weighted by atomic mass is 9.87. The molecule has 0 radical (unpaired) electrons. The summed E-state index contributed by atoms with van der Waals surface area (Å²) in [5, 5.41) is 13.0. The van der Waals surface area contributed by atoms with Crippen LogP contribution >= 0.6 is 0 Å². The molecule has 5 heteroatoms. The summed E-state index contributed by atoms with van der Waals surface area (Å²) >= 11 is 0. The zero-order valence-corrected chi connectivity index (χ0v) is 11.7. The van der Waals surface area contributed by atoms with Crippen molar-refractivity contribution in [3.8, 4) is 5.88 Å². The van der Waals surface area contributed by atoms with Crippen molar-refractivity contribution in [1.29, 1.82) is 0 Å². The summed E-state index contributed by atoms with van der Waals surface area (Å²) in [6.07, 6.45) is 5.59. The van der Waals surface area contributed by atoms with Crippen LogP contribution in [-0.4, -0.2) is 33.8 Å². The fraction of sp³-hybridized carbons (Fsp3) is 0.714. The molecule has 5 nitrogen and oxygen atoms in total. The molecule has 2 rings (SSSR count). The molecular weight excluding hydrogens is 242 g/mol. The number of rotatable bonds is 5. The molecule has 0 aromatic carbocycles. The third-order valence-electron chi connectivity index (χ3n) is 3.33. The van der Waals surface area contributed by atoms with Gasteiger partial charge < -0.3 is 15.2 Å². The van der Waals surface area contributed by atoms with Crippen molar-refractivity contribution in [2.75, 3.05) is 11.9 Å². The highest BCUT2D eigenvalue weighted by Crippen LogP contribution is 2.24. The van der Waals surface area contributed by atoms with Crippen molar-refractivity contribution in [3.05, 3.63) is 12.4 Å². The number of aliphatic hydroxyl groups excluding tert-OH is 1. The minimum atomic E-state index is -0.134. The van der Waals surface area contributed by atoms with Crippen LogP contribution in [0.5, 0.6) is 5.88 Å². The molecule has 0 bridgehead atoms. The van der Waals surface area contributed by atoms with Gasteiger partial charge in [0.1, 0.15) is 12.1 Å². The molecule has 1 aliphatic carbocycles. The summed E-state index contributed by atoms with van der Waals surface area (Å²) in [5.41, 5.74) is 0. The van der Waals surface area contributed by atoms with Gasteiger partial charge in [-0.1, -0.05) is 6.42 Å². The Morgan fingerprint density at radius 2 is 2.26 bits per heavy atom. The molecule has 0 spiro atoms. The zero-order chi connectivity index (χ0) is 13.7. The fourth-order valence-corrected chi connectivity index (χ4v) is 2.44. The summed E-state index contributed by atoms with van der Waals surface area (Å²) in [6.45, 7) is 4.78. The number of anilines is 1. The SMILES string of the molecule is CC(C)Oc1cc(NCC2CCCC(O)C2)ncn1. The van der Waals surface area contributed by atoms with E-state index >= 15 is 0 Å². The second kappa shape index (κ2) is 6.70. The largest absolute Gasteiger partial charge is 0.475 e. The third-order valence-corrected chi connectivity index (χ3v) is 3.33. The highest BCUT2D eigenvalue weighted by molar-refractivity contribution is 5.37. The van der Waals surface area contributed by atoms with Crippen LogP contribution in [0.15, 0.2) is 12.4 Å². The topological polar surface area (TPSA) is 67.3 Å². The zero-order valence-electron chi connectivity index (χ0n) is 11.7. The van der Waals surface area contributed by atoms with Crippen molar-refractivity contribution < 1.29 is 9.84 Å². The Labute approximate surface area is 114 Å². The highest BCUT2D eigenvalue weighted by Gasteiger charge is 2.19. The molecule has 2 unspecified atom stereocenters. The van der Waals surface area contributed by atoms with Crippen molar-refractivity contribution in [2.24, 2.45) is 5.92 Å². The first-order valence-corrected chi connectivity index (χ1v) is 7.04. The lowest BCUT2D eigenvalue weighted by Gasteiger charge is -2.26. The maximum atomic E-state index is 9.65. The van der Waals surface area contributed by atoms with Gasteiger partial charge in [0, 0.05) is 12.6 Å². The minimum absolute atomic E-state index is 0.108. The highest BCUT2D eigenvalue weighted by atomic mass is 16.5. The molecule has 0 saturated heterocycles. The monoisotopic (exact) mass is 265 g/mol. The maximum absolute atomic E-state index is 9.65. The second-order valence-electron chi connectivity index (χ2n) is 5.48. The van der Waals surface area contributed by atoms with Crippen LogP contribution in [0, 0.1) is 5.92 Å². The van der Waals surface area contributed by atoms with Crippen LogP contribution in [0.3, 0.4) is 0 Å². The number of ether oxygens (including phenoxy) is 1. The number of hydrogen-bond donors (Lipinski definition) is 2. The van der Waals surface area contributed by atoms with Gasteiger partial charge in [0.25, 0.3) is 0 Å². The Morgan fingerprint density at radius 1 is 1.42 bits per heavy atom. The van der Waals surface area contributed by atoms with Crippen molar-refractivity contribution in [1.82, 2.24) is 9.97 Å². The average molecular weight is 265 g/mol. The van der Waals surface area contributed by atoms with Crippen LogP contribution < -0.4 is 10.1 Å². The van der Waals surface area contributed by atoms with E-state index < -0.39 is 0 Å². The van der Waals surface area contributed by atoms with Gasteiger partial charge in [-0.15, -0.1) is 0 Å². The summed E-state index contributed by atoms with van der Waals surface area (Å²) in [5.74, 6) is 1.90. The van der Waals surface area contributed by atoms with E-state index in [1.54, 1.807) is 0 Å². The van der Waals surface area contributed by atoms with E-state index in [-0.39, 0.29) is 12.2 Å². The number of hydrogen-bond acceptors (Lipinski definition) is 5. The first-order valence-electron chi connectivity index (χ1n) is 7.04. The standard InChI is InChI=1S/C14H23N3O2/c1-10(2)19-14-7-13(16-9-17-14)15-8-11-4-3-5-12(18)6-11/h7,9-12,18H,3-6,8H2,1-2H3,(H,15,16,17). The molecule has 2 N–H and O–H groups in total. The number of nitrogens with zero attached hydrogens (tertiary/aromatic N) is 2. The quantitative estimate of drug-likeness (QED) is 0.854. The molecular formula is C14H23N3O2. The molecule has 1 aliphatic rings. The van der Waals surface area contributed by atoms with E-state index in [4.69, 9.17) is 4.74 Å². The van der Waals surface area contributed by atoms with E-state index in [1.807, 2.05) is 19.9 Å². The smallest absolute Gasteiger partial charge is 0.218 e. The second-order valence-corrected chi connectivity index (χ2v) is 5.48. The predicted molar refractivity (Wildman–Crippen MR) is 74.3 cm³/mol. The lowest BCUT2D eigenvalue weighted by Crippen LogP contribution is -2.25. The maximum Gasteiger partial charge on any atom is 0.218 e. The van der Waals surface area contributed by atoms with E-state index in [0.29, 0.717) is 11.8 Å². The molecule has 1 heterocycles. The Morgan fingerprint density at radius 3 is 3.00 bits per heavy atom. The van der Waals surface area contributed by atoms with Gasteiger partial charge in [-0.05, 0) is 39.0 Å². The van der Waals surface area contributed by atoms with Gasteiger partial charge in [0.2, 0.25) is 5.88 Å². The summed E-state index contributed by atoms with van der Waals surface area (Å²) in [7, 11) is 0. The van der Waals surface area contributed by atoms with E-state index in [1.165, 1.54) is 12.7 Å². The van der Waals surface area contributed by atoms with Gasteiger partial charge in [-0.2, -0.15) is 0 Å². The van der Waals surface area contributed by atoms with Crippen molar-refractivity contribution in [2.45, 2.75) is 51.7 Å². The summed E-state index contributed by atoms with van der Waals surface area (Å²) in [6, 6.07) is 1.82. The summed E-state index contributed by atoms with van der Waals surface area (Å²) in [4.78, 5) is 8.26. The number of nitrogens with one attached hydrogen (secondary N) is 1. The molecule has 1 saturated carbocycles. The van der Waals surface area contributed by atoms with Gasteiger partial charge >= 0.3 is 0 Å². The van der Waals surface area contributed by atoms with E-state index in [0.717, 1.165) is 31.6 Å². The molecule has 1 aromatic heterocycles. The van der Waals surface area contributed by atoms with Crippen molar-refractivity contribution in [3.63, 3.8) is 0 Å². The van der Waals surface area contributed by atoms with Crippen LogP contribution in [0.25, 0.3) is 0 Å². The number of aromatic nitrogens is 2. The molecule has 1 fully saturated rings. The van der Waals surface area contributed by atoms with Crippen molar-refractivity contribution >= 4 is 5.82 Å². The Kier molecular flexibility index (Phi) is 4.96. The molecule has 0 amide bonds. The predicted octanol–water partition coefficient (Wildman–Crippen LogP) is 2.23. The molecule has 0 aliphatic heterocycles. The van der Waals surface area contributed by atoms with Crippen LogP contribution in [0.1, 0.15) is 39.5 Å². The van der Waals surface area contributed by atoms with E-state index in [9.17, 15) is 5.11 Å². The summed E-state index contributed by atoms with van der Waals surface area (Å²) < 4.78 is 5.53. The third kappa shape index (κ3) is 4.67. The van der Waals surface area contributed by atoms with Gasteiger partial charge in [-0.25, -0.2) is 9.97 Å². The first kappa shape index (κ1) is 14.1. The van der Waals surface area contributed by atoms with Gasteiger partial charge in [0.15, 0.2) is 0 Å². The Bertz CT molecular complexity index is 398. The Hall–Kier alpha value is -1.36. The van der Waals surface area contributed by atoms with Crippen LogP contribution in [-0.2, 0) is 0 Å². The molecule has 1 aromatic rings. The van der Waals surface area contributed by atoms with Crippen LogP contribution in [0.2, 0.25) is 0 Å². The lowest BCUT2D eigenvalue weighted by molar-refractivity contribution is 0.104. The molecule has 2 atom stereocenters. The molecule has 106 valence electrons. The van der Waals surface area contributed by atoms with E-state index in [2.05, 4.69) is 15.3 Å². The average Bonchev–Trinajstić information content (AvgIpc) is 2.36. The minimum Gasteiger partial charge on any atom is -0.475 e. The number of aliphatic hydroxyl groups is 1. The van der Waals surface area contributed by atoms with Gasteiger partial charge in [-0.3, -0.25) is 0 Å². The fourth-order valence-electron chi connectivity index (χ4n) is 2.44. The van der Waals surface area contributed by atoms with Gasteiger partial charge in [0.05, 0.1) is 12.2 Å². The van der Waals surface area contributed by atoms with Crippen LogP contribution in [0.4, 0.5) is 5.82 Å². The Balaban J connectivity index is 1.85. The molecule has 19 heavy (non-hydrogen) atoms.